The number of aromatic nitrogens is 1. The van der Waals surface area contributed by atoms with Crippen molar-refractivity contribution < 1.29 is 18.7 Å². The van der Waals surface area contributed by atoms with Crippen molar-refractivity contribution in [1.29, 1.82) is 0 Å². The van der Waals surface area contributed by atoms with Gasteiger partial charge in [0.1, 0.15) is 17.1 Å². The third-order valence-electron chi connectivity index (χ3n) is 3.91. The van der Waals surface area contributed by atoms with E-state index in [1.165, 1.54) is 30.5 Å². The van der Waals surface area contributed by atoms with Gasteiger partial charge in [-0.25, -0.2) is 4.39 Å². The second-order valence-electron chi connectivity index (χ2n) is 6.29. The summed E-state index contributed by atoms with van der Waals surface area (Å²) in [4.78, 5) is 27.6. The second kappa shape index (κ2) is 7.87. The lowest BCUT2D eigenvalue weighted by Gasteiger charge is -2.14. The number of nitrogens with zero attached hydrogens (tertiary/aromatic N) is 1. The maximum Gasteiger partial charge on any atom is 0.267 e. The van der Waals surface area contributed by atoms with Gasteiger partial charge >= 0.3 is 0 Å². The fourth-order valence-corrected chi connectivity index (χ4v) is 2.72. The lowest BCUT2D eigenvalue weighted by Crippen LogP contribution is -2.17. The Morgan fingerprint density at radius 1 is 1.07 bits per heavy atom. The van der Waals surface area contributed by atoms with Crippen LogP contribution < -0.4 is 15.8 Å². The highest BCUT2D eigenvalue weighted by Crippen LogP contribution is 2.33. The van der Waals surface area contributed by atoms with E-state index in [2.05, 4.69) is 10.3 Å². The first-order valence-corrected chi connectivity index (χ1v) is 8.45. The third-order valence-corrected chi connectivity index (χ3v) is 3.91. The molecular weight excluding hydrogens is 361 g/mol. The molecule has 3 aromatic rings. The van der Waals surface area contributed by atoms with Gasteiger partial charge in [0.15, 0.2) is 11.6 Å². The SMILES string of the molecule is Cc1cc(C)cc(Oc2cccc(F)c2NC(=O)c2ccnc(C(N)=O)c2)c1. The fraction of sp³-hybridized carbons (Fsp3) is 0.0952. The molecule has 142 valence electrons. The number of carbonyl (C=O) groups is 2. The first-order valence-electron chi connectivity index (χ1n) is 8.45. The summed E-state index contributed by atoms with van der Waals surface area (Å²) >= 11 is 0. The average molecular weight is 379 g/mol. The Labute approximate surface area is 161 Å². The minimum Gasteiger partial charge on any atom is -0.455 e. The Kier molecular flexibility index (Phi) is 5.35. The number of primary amides is 1. The summed E-state index contributed by atoms with van der Waals surface area (Å²) in [5, 5.41) is 2.49. The molecule has 0 radical (unpaired) electrons. The zero-order valence-corrected chi connectivity index (χ0v) is 15.3. The van der Waals surface area contributed by atoms with E-state index >= 15 is 0 Å². The highest BCUT2D eigenvalue weighted by molar-refractivity contribution is 6.06. The summed E-state index contributed by atoms with van der Waals surface area (Å²) in [6.07, 6.45) is 1.28. The van der Waals surface area contributed by atoms with Crippen LogP contribution in [0.15, 0.2) is 54.7 Å². The van der Waals surface area contributed by atoms with Gasteiger partial charge in [0.2, 0.25) is 0 Å². The molecule has 6 nitrogen and oxygen atoms in total. The van der Waals surface area contributed by atoms with Crippen molar-refractivity contribution in [2.24, 2.45) is 5.73 Å². The van der Waals surface area contributed by atoms with Crippen molar-refractivity contribution in [3.8, 4) is 11.5 Å². The number of aryl methyl sites for hydroxylation is 2. The summed E-state index contributed by atoms with van der Waals surface area (Å²) in [5.74, 6) is -1.36. The van der Waals surface area contributed by atoms with Crippen molar-refractivity contribution in [1.82, 2.24) is 4.98 Å². The zero-order valence-electron chi connectivity index (χ0n) is 15.3. The maximum atomic E-state index is 14.4. The van der Waals surface area contributed by atoms with E-state index in [1.807, 2.05) is 32.0 Å². The minimum atomic E-state index is -0.764. The molecule has 0 fully saturated rings. The van der Waals surface area contributed by atoms with Gasteiger partial charge in [0, 0.05) is 11.8 Å². The van der Waals surface area contributed by atoms with Crippen LogP contribution in [0.3, 0.4) is 0 Å². The Bertz CT molecular complexity index is 1050. The average Bonchev–Trinajstić information content (AvgIpc) is 2.63. The van der Waals surface area contributed by atoms with E-state index in [9.17, 15) is 14.0 Å². The normalized spacial score (nSPS) is 10.4. The number of hydrogen-bond acceptors (Lipinski definition) is 4. The summed E-state index contributed by atoms with van der Waals surface area (Å²) in [6.45, 7) is 3.85. The van der Waals surface area contributed by atoms with Crippen LogP contribution in [-0.4, -0.2) is 16.8 Å². The minimum absolute atomic E-state index is 0.0621. The summed E-state index contributed by atoms with van der Waals surface area (Å²) in [6, 6.07) is 12.5. The molecule has 0 unspecified atom stereocenters. The number of benzene rings is 2. The van der Waals surface area contributed by atoms with Crippen molar-refractivity contribution in [2.75, 3.05) is 5.32 Å². The molecular formula is C21H18FN3O3. The topological polar surface area (TPSA) is 94.3 Å². The van der Waals surface area contributed by atoms with E-state index in [1.54, 1.807) is 6.07 Å². The number of hydrogen-bond donors (Lipinski definition) is 2. The van der Waals surface area contributed by atoms with E-state index in [-0.39, 0.29) is 22.7 Å². The maximum absolute atomic E-state index is 14.4. The molecule has 2 aromatic carbocycles. The first-order chi connectivity index (χ1) is 13.3. The molecule has 2 amide bonds. The number of rotatable bonds is 5. The quantitative estimate of drug-likeness (QED) is 0.701. The van der Waals surface area contributed by atoms with Gasteiger partial charge in [-0.3, -0.25) is 14.6 Å². The van der Waals surface area contributed by atoms with E-state index < -0.39 is 17.6 Å². The molecule has 0 saturated heterocycles. The highest BCUT2D eigenvalue weighted by Gasteiger charge is 2.16. The number of halogens is 1. The van der Waals surface area contributed by atoms with Crippen LogP contribution in [0.1, 0.15) is 32.0 Å². The molecule has 0 aliphatic carbocycles. The largest absolute Gasteiger partial charge is 0.455 e. The Morgan fingerprint density at radius 3 is 2.46 bits per heavy atom. The molecule has 0 aliphatic rings. The van der Waals surface area contributed by atoms with E-state index in [0.29, 0.717) is 5.75 Å². The van der Waals surface area contributed by atoms with Gasteiger partial charge in [0.25, 0.3) is 11.8 Å². The lowest BCUT2D eigenvalue weighted by atomic mass is 10.1. The van der Waals surface area contributed by atoms with Crippen LogP contribution >= 0.6 is 0 Å². The lowest BCUT2D eigenvalue weighted by molar-refractivity contribution is 0.0995. The fourth-order valence-electron chi connectivity index (χ4n) is 2.72. The van der Waals surface area contributed by atoms with E-state index in [4.69, 9.17) is 10.5 Å². The van der Waals surface area contributed by atoms with Gasteiger partial charge in [-0.05, 0) is 61.4 Å². The number of pyridine rings is 1. The van der Waals surface area contributed by atoms with Crippen molar-refractivity contribution in [3.05, 3.63) is 82.9 Å². The van der Waals surface area contributed by atoms with Crippen molar-refractivity contribution in [2.45, 2.75) is 13.8 Å². The van der Waals surface area contributed by atoms with Gasteiger partial charge in [-0.15, -0.1) is 0 Å². The number of para-hydroxylation sites is 1. The van der Waals surface area contributed by atoms with Crippen molar-refractivity contribution in [3.63, 3.8) is 0 Å². The van der Waals surface area contributed by atoms with Crippen LogP contribution in [0, 0.1) is 19.7 Å². The monoisotopic (exact) mass is 379 g/mol. The van der Waals surface area contributed by atoms with Crippen LogP contribution in [0.25, 0.3) is 0 Å². The molecule has 1 heterocycles. The zero-order chi connectivity index (χ0) is 20.3. The molecule has 0 bridgehead atoms. The van der Waals surface area contributed by atoms with Gasteiger partial charge in [-0.1, -0.05) is 12.1 Å². The Morgan fingerprint density at radius 2 is 1.79 bits per heavy atom. The molecule has 7 heteroatoms. The predicted molar refractivity (Wildman–Crippen MR) is 103 cm³/mol. The smallest absolute Gasteiger partial charge is 0.267 e. The summed E-state index contributed by atoms with van der Waals surface area (Å²) < 4.78 is 20.2. The molecule has 0 spiro atoms. The number of nitrogens with two attached hydrogens (primary N) is 1. The second-order valence-corrected chi connectivity index (χ2v) is 6.29. The number of nitrogens with one attached hydrogen (secondary N) is 1. The van der Waals surface area contributed by atoms with E-state index in [0.717, 1.165) is 11.1 Å². The van der Waals surface area contributed by atoms with Crippen LogP contribution in [-0.2, 0) is 0 Å². The van der Waals surface area contributed by atoms with Gasteiger partial charge < -0.3 is 15.8 Å². The summed E-state index contributed by atoms with van der Waals surface area (Å²) in [7, 11) is 0. The van der Waals surface area contributed by atoms with Crippen LogP contribution in [0.4, 0.5) is 10.1 Å². The summed E-state index contributed by atoms with van der Waals surface area (Å²) in [5.41, 5.74) is 7.11. The number of anilines is 1. The highest BCUT2D eigenvalue weighted by atomic mass is 19.1. The Hall–Kier alpha value is -3.74. The number of ether oxygens (including phenoxy) is 1. The molecule has 1 aromatic heterocycles. The third kappa shape index (κ3) is 4.32. The molecule has 28 heavy (non-hydrogen) atoms. The Balaban J connectivity index is 1.91. The van der Waals surface area contributed by atoms with Crippen LogP contribution in [0.2, 0.25) is 0 Å². The van der Waals surface area contributed by atoms with Crippen LogP contribution in [0.5, 0.6) is 11.5 Å². The van der Waals surface area contributed by atoms with Crippen molar-refractivity contribution >= 4 is 17.5 Å². The molecule has 0 aliphatic heterocycles. The number of carbonyl (C=O) groups excluding carboxylic acids is 2. The molecule has 0 saturated carbocycles. The molecule has 3 N–H and O–H groups in total. The van der Waals surface area contributed by atoms with Gasteiger partial charge in [-0.2, -0.15) is 0 Å². The predicted octanol–water partition coefficient (Wildman–Crippen LogP) is 3.98. The molecule has 0 atom stereocenters. The number of amides is 2. The first kappa shape index (κ1) is 19.0. The molecule has 3 rings (SSSR count). The standard InChI is InChI=1S/C21H18FN3O3/c1-12-8-13(2)10-15(9-12)28-18-5-3-4-16(22)19(18)25-21(27)14-6-7-24-17(11-14)20(23)26/h3-11H,1-2H3,(H2,23,26)(H,25,27). The van der Waals surface area contributed by atoms with Gasteiger partial charge in [0.05, 0.1) is 0 Å².